The van der Waals surface area contributed by atoms with Crippen molar-refractivity contribution < 1.29 is 4.79 Å². The highest BCUT2D eigenvalue weighted by Crippen LogP contribution is 2.20. The van der Waals surface area contributed by atoms with Crippen molar-refractivity contribution in [3.8, 4) is 5.69 Å². The molecule has 1 N–H and O–H groups in total. The third-order valence-corrected chi connectivity index (χ3v) is 3.19. The normalized spacial score (nSPS) is 10.3. The van der Waals surface area contributed by atoms with E-state index in [-0.39, 0.29) is 5.91 Å². The molecule has 19 heavy (non-hydrogen) atoms. The molecule has 0 radical (unpaired) electrons. The van der Waals surface area contributed by atoms with Gasteiger partial charge < -0.3 is 9.88 Å². The smallest absolute Gasteiger partial charge is 0.275 e. The Morgan fingerprint density at radius 1 is 1.32 bits per heavy atom. The molecule has 3 rings (SSSR count). The maximum absolute atomic E-state index is 12.0. The summed E-state index contributed by atoms with van der Waals surface area (Å²) in [6, 6.07) is 7.54. The number of para-hydroxylation sites is 2. The van der Waals surface area contributed by atoms with E-state index in [1.807, 2.05) is 35.0 Å². The van der Waals surface area contributed by atoms with E-state index >= 15 is 0 Å². The standard InChI is InChI=1S/C13H10N4OS/c18-13(11-7-19-9-15-11)16-10-3-1-2-4-12(10)17-6-5-14-8-17/h1-9H,(H,16,18). The lowest BCUT2D eigenvalue weighted by Gasteiger charge is -2.10. The van der Waals surface area contributed by atoms with Crippen LogP contribution < -0.4 is 5.32 Å². The van der Waals surface area contributed by atoms with Crippen LogP contribution in [0, 0.1) is 0 Å². The average molecular weight is 270 g/mol. The summed E-state index contributed by atoms with van der Waals surface area (Å²) in [5.74, 6) is -0.214. The minimum atomic E-state index is -0.214. The number of benzene rings is 1. The van der Waals surface area contributed by atoms with E-state index < -0.39 is 0 Å². The molecule has 0 bridgehead atoms. The Morgan fingerprint density at radius 3 is 2.95 bits per heavy atom. The number of amides is 1. The van der Waals surface area contributed by atoms with E-state index in [1.165, 1.54) is 11.3 Å². The van der Waals surface area contributed by atoms with Crippen LogP contribution in [0.25, 0.3) is 5.69 Å². The SMILES string of the molecule is O=C(Nc1ccccc1-n1ccnc1)c1cscn1. The molecule has 2 aromatic heterocycles. The van der Waals surface area contributed by atoms with E-state index in [0.717, 1.165) is 11.4 Å². The molecule has 0 saturated carbocycles. The number of aromatic nitrogens is 3. The number of nitrogens with zero attached hydrogens (tertiary/aromatic N) is 3. The molecule has 94 valence electrons. The summed E-state index contributed by atoms with van der Waals surface area (Å²) < 4.78 is 1.84. The van der Waals surface area contributed by atoms with Gasteiger partial charge in [-0.25, -0.2) is 9.97 Å². The quantitative estimate of drug-likeness (QED) is 0.795. The maximum Gasteiger partial charge on any atom is 0.275 e. The highest BCUT2D eigenvalue weighted by molar-refractivity contribution is 7.07. The fraction of sp³-hybridized carbons (Fsp3) is 0. The van der Waals surface area contributed by atoms with Crippen LogP contribution in [-0.4, -0.2) is 20.4 Å². The summed E-state index contributed by atoms with van der Waals surface area (Å²) in [5, 5.41) is 4.58. The Kier molecular flexibility index (Phi) is 3.07. The summed E-state index contributed by atoms with van der Waals surface area (Å²) in [5.41, 5.74) is 3.64. The van der Waals surface area contributed by atoms with Gasteiger partial charge in [0, 0.05) is 17.8 Å². The average Bonchev–Trinajstić information content (AvgIpc) is 3.13. The number of hydrogen-bond acceptors (Lipinski definition) is 4. The maximum atomic E-state index is 12.0. The molecule has 3 aromatic rings. The van der Waals surface area contributed by atoms with E-state index in [1.54, 1.807) is 23.4 Å². The second kappa shape index (κ2) is 5.03. The first-order valence-electron chi connectivity index (χ1n) is 5.61. The number of rotatable bonds is 3. The van der Waals surface area contributed by atoms with Crippen LogP contribution in [0.2, 0.25) is 0 Å². The van der Waals surface area contributed by atoms with Gasteiger partial charge in [0.1, 0.15) is 5.69 Å². The summed E-state index contributed by atoms with van der Waals surface area (Å²) in [7, 11) is 0. The van der Waals surface area contributed by atoms with Gasteiger partial charge in [0.05, 0.1) is 23.2 Å². The first-order chi connectivity index (χ1) is 9.34. The van der Waals surface area contributed by atoms with Gasteiger partial charge in [-0.15, -0.1) is 11.3 Å². The number of carbonyl (C=O) groups is 1. The zero-order chi connectivity index (χ0) is 13.1. The van der Waals surface area contributed by atoms with Crippen molar-refractivity contribution in [3.63, 3.8) is 0 Å². The van der Waals surface area contributed by atoms with Crippen LogP contribution in [-0.2, 0) is 0 Å². The van der Waals surface area contributed by atoms with Crippen molar-refractivity contribution in [3.05, 3.63) is 59.6 Å². The minimum Gasteiger partial charge on any atom is -0.319 e. The topological polar surface area (TPSA) is 59.8 Å². The Balaban J connectivity index is 1.92. The predicted octanol–water partition coefficient (Wildman–Crippen LogP) is 2.58. The number of carbonyl (C=O) groups excluding carboxylic acids is 1. The Hall–Kier alpha value is -2.47. The van der Waals surface area contributed by atoms with Gasteiger partial charge in [0.25, 0.3) is 5.91 Å². The summed E-state index contributed by atoms with van der Waals surface area (Å²) in [4.78, 5) is 20.0. The van der Waals surface area contributed by atoms with Gasteiger partial charge in [-0.1, -0.05) is 12.1 Å². The molecule has 0 saturated heterocycles. The van der Waals surface area contributed by atoms with Gasteiger partial charge in [-0.3, -0.25) is 4.79 Å². The molecule has 0 aliphatic rings. The van der Waals surface area contributed by atoms with Crippen molar-refractivity contribution in [1.29, 1.82) is 0 Å². The van der Waals surface area contributed by atoms with E-state index in [0.29, 0.717) is 5.69 Å². The molecule has 0 spiro atoms. The minimum absolute atomic E-state index is 0.214. The monoisotopic (exact) mass is 270 g/mol. The summed E-state index contributed by atoms with van der Waals surface area (Å²) in [6.07, 6.45) is 5.21. The number of nitrogens with one attached hydrogen (secondary N) is 1. The van der Waals surface area contributed by atoms with Crippen LogP contribution in [0.3, 0.4) is 0 Å². The highest BCUT2D eigenvalue weighted by atomic mass is 32.1. The van der Waals surface area contributed by atoms with Crippen molar-refractivity contribution >= 4 is 22.9 Å². The predicted molar refractivity (Wildman–Crippen MR) is 73.6 cm³/mol. The van der Waals surface area contributed by atoms with E-state index in [4.69, 9.17) is 0 Å². The molecule has 0 atom stereocenters. The lowest BCUT2D eigenvalue weighted by molar-refractivity contribution is 0.102. The number of hydrogen-bond donors (Lipinski definition) is 1. The molecule has 6 heteroatoms. The summed E-state index contributed by atoms with van der Waals surface area (Å²) >= 11 is 1.39. The van der Waals surface area contributed by atoms with Crippen molar-refractivity contribution in [1.82, 2.24) is 14.5 Å². The zero-order valence-corrected chi connectivity index (χ0v) is 10.7. The molecular weight excluding hydrogens is 260 g/mol. The molecule has 1 amide bonds. The Bertz CT molecular complexity index is 677. The zero-order valence-electron chi connectivity index (χ0n) is 9.85. The molecule has 0 unspecified atom stereocenters. The van der Waals surface area contributed by atoms with E-state index in [9.17, 15) is 4.79 Å². The first kappa shape index (κ1) is 11.6. The molecule has 2 heterocycles. The van der Waals surface area contributed by atoms with Gasteiger partial charge in [0.2, 0.25) is 0 Å². The fourth-order valence-electron chi connectivity index (χ4n) is 1.72. The van der Waals surface area contributed by atoms with Crippen molar-refractivity contribution in [2.75, 3.05) is 5.32 Å². The third kappa shape index (κ3) is 2.38. The summed E-state index contributed by atoms with van der Waals surface area (Å²) in [6.45, 7) is 0. The molecule has 0 fully saturated rings. The van der Waals surface area contributed by atoms with Gasteiger partial charge in [-0.05, 0) is 12.1 Å². The third-order valence-electron chi connectivity index (χ3n) is 2.60. The van der Waals surface area contributed by atoms with Gasteiger partial charge >= 0.3 is 0 Å². The number of imidazole rings is 1. The molecular formula is C13H10N4OS. The lowest BCUT2D eigenvalue weighted by atomic mass is 10.2. The van der Waals surface area contributed by atoms with Crippen LogP contribution in [0.4, 0.5) is 5.69 Å². The van der Waals surface area contributed by atoms with Gasteiger partial charge in [0.15, 0.2) is 0 Å². The van der Waals surface area contributed by atoms with Crippen molar-refractivity contribution in [2.24, 2.45) is 0 Å². The van der Waals surface area contributed by atoms with Crippen LogP contribution in [0.5, 0.6) is 0 Å². The van der Waals surface area contributed by atoms with Crippen molar-refractivity contribution in [2.45, 2.75) is 0 Å². The molecule has 1 aromatic carbocycles. The van der Waals surface area contributed by atoms with Crippen LogP contribution in [0.1, 0.15) is 10.5 Å². The van der Waals surface area contributed by atoms with Gasteiger partial charge in [-0.2, -0.15) is 0 Å². The van der Waals surface area contributed by atoms with Crippen LogP contribution in [0.15, 0.2) is 53.9 Å². The molecule has 0 aliphatic heterocycles. The largest absolute Gasteiger partial charge is 0.319 e. The second-order valence-electron chi connectivity index (χ2n) is 3.81. The lowest BCUT2D eigenvalue weighted by Crippen LogP contribution is -2.13. The highest BCUT2D eigenvalue weighted by Gasteiger charge is 2.11. The Labute approximate surface area is 113 Å². The Morgan fingerprint density at radius 2 is 2.21 bits per heavy atom. The van der Waals surface area contributed by atoms with Crippen LogP contribution >= 0.6 is 11.3 Å². The number of anilines is 1. The molecule has 5 nitrogen and oxygen atoms in total. The second-order valence-corrected chi connectivity index (χ2v) is 4.53. The first-order valence-corrected chi connectivity index (χ1v) is 6.56. The number of thiazole rings is 1. The fourth-order valence-corrected chi connectivity index (χ4v) is 2.25. The molecule has 0 aliphatic carbocycles. The van der Waals surface area contributed by atoms with E-state index in [2.05, 4.69) is 15.3 Å².